The van der Waals surface area contributed by atoms with Gasteiger partial charge < -0.3 is 20.3 Å². The van der Waals surface area contributed by atoms with E-state index in [1.54, 1.807) is 47.7 Å². The Kier molecular flexibility index (Phi) is 5.09. The van der Waals surface area contributed by atoms with Gasteiger partial charge in [-0.2, -0.15) is 10.2 Å². The van der Waals surface area contributed by atoms with Crippen molar-refractivity contribution in [3.05, 3.63) is 60.2 Å². The second-order valence-electron chi connectivity index (χ2n) is 7.05. The molecule has 4 N–H and O–H groups in total. The molecule has 11 nitrogen and oxygen atoms in total. The van der Waals surface area contributed by atoms with Gasteiger partial charge in [0.2, 0.25) is 11.8 Å². The van der Waals surface area contributed by atoms with Crippen molar-refractivity contribution in [2.75, 3.05) is 11.5 Å². The largest absolute Gasteiger partial charge is 0.447 e. The average molecular weight is 410 g/mol. The van der Waals surface area contributed by atoms with Crippen molar-refractivity contribution in [1.82, 2.24) is 29.5 Å². The lowest BCUT2D eigenvalue weighted by Crippen LogP contribution is -2.17. The number of Topliss-reactive ketones (excluding diaryl/α,β-unsaturated/α-hetero) is 1. The number of carbonyl (C=O) groups excluding carboxylic acids is 1. The van der Waals surface area contributed by atoms with Crippen LogP contribution in [0.3, 0.4) is 0 Å². The van der Waals surface area contributed by atoms with Gasteiger partial charge in [-0.3, -0.25) is 14.2 Å². The summed E-state index contributed by atoms with van der Waals surface area (Å²) < 4.78 is 14.2. The molecule has 0 aliphatic heterocycles. The van der Waals surface area contributed by atoms with Crippen LogP contribution in [0.25, 0.3) is 0 Å². The van der Waals surface area contributed by atoms with Crippen molar-refractivity contribution in [2.24, 2.45) is 0 Å². The summed E-state index contributed by atoms with van der Waals surface area (Å²) >= 11 is 0. The van der Waals surface area contributed by atoms with Crippen LogP contribution in [0.5, 0.6) is 0 Å². The molecule has 0 saturated carbocycles. The van der Waals surface area contributed by atoms with Gasteiger partial charge in [-0.15, -0.1) is 0 Å². The number of nitrogens with two attached hydrogens (primary N) is 2. The van der Waals surface area contributed by atoms with Crippen LogP contribution in [0.4, 0.5) is 11.6 Å². The third-order valence-electron chi connectivity index (χ3n) is 4.80. The predicted octanol–water partition coefficient (Wildman–Crippen LogP) is 1.79. The van der Waals surface area contributed by atoms with Crippen molar-refractivity contribution in [3.8, 4) is 0 Å². The minimum absolute atomic E-state index is 0.0404. The standard InChI is InChI=1S/C19H22N8O3/c1-11(13-9-29-17(22-13)7-26-5-3-15(20)24-26)19(28)12(2)14-10-30-18(23-14)8-27-6-4-16(21)25-27/h3-6,9-12H,7-8H2,1-2H3,(H2,20,24)(H2,21,25). The molecule has 2 unspecified atom stereocenters. The predicted molar refractivity (Wildman–Crippen MR) is 106 cm³/mol. The van der Waals surface area contributed by atoms with E-state index in [4.69, 9.17) is 20.3 Å². The highest BCUT2D eigenvalue weighted by atomic mass is 16.3. The van der Waals surface area contributed by atoms with E-state index in [0.29, 0.717) is 47.9 Å². The van der Waals surface area contributed by atoms with E-state index in [9.17, 15) is 4.79 Å². The number of nitrogens with zero attached hydrogens (tertiary/aromatic N) is 6. The Morgan fingerprint density at radius 3 is 1.70 bits per heavy atom. The summed E-state index contributed by atoms with van der Waals surface area (Å²) in [5.74, 6) is 0.758. The van der Waals surface area contributed by atoms with E-state index in [1.165, 1.54) is 12.5 Å². The van der Waals surface area contributed by atoms with Crippen LogP contribution < -0.4 is 11.5 Å². The molecule has 0 bridgehead atoms. The smallest absolute Gasteiger partial charge is 0.215 e. The molecule has 0 aromatic carbocycles. The maximum atomic E-state index is 13.0. The Morgan fingerprint density at radius 2 is 1.33 bits per heavy atom. The molecule has 2 atom stereocenters. The first kappa shape index (κ1) is 19.4. The summed E-state index contributed by atoms with van der Waals surface area (Å²) in [5, 5.41) is 8.18. The van der Waals surface area contributed by atoms with E-state index < -0.39 is 11.8 Å². The number of hydrogen-bond acceptors (Lipinski definition) is 9. The lowest BCUT2D eigenvalue weighted by Gasteiger charge is -2.12. The maximum absolute atomic E-state index is 13.0. The number of oxazole rings is 2. The van der Waals surface area contributed by atoms with E-state index >= 15 is 0 Å². The molecule has 0 radical (unpaired) electrons. The zero-order chi connectivity index (χ0) is 21.3. The first-order valence-electron chi connectivity index (χ1n) is 9.39. The molecular formula is C19H22N8O3. The topological polar surface area (TPSA) is 157 Å². The minimum Gasteiger partial charge on any atom is -0.447 e. The van der Waals surface area contributed by atoms with Gasteiger partial charge in [0, 0.05) is 12.4 Å². The number of hydrogen-bond donors (Lipinski definition) is 2. The molecule has 0 saturated heterocycles. The summed E-state index contributed by atoms with van der Waals surface area (Å²) in [6.07, 6.45) is 6.45. The SMILES string of the molecule is CC(C(=O)C(C)c1coc(Cn2ccc(N)n2)n1)c1coc(Cn2ccc(N)n2)n1. The van der Waals surface area contributed by atoms with Crippen LogP contribution in [-0.2, 0) is 17.9 Å². The molecule has 4 heterocycles. The van der Waals surface area contributed by atoms with Gasteiger partial charge in [-0.25, -0.2) is 9.97 Å². The Labute approximate surface area is 171 Å². The highest BCUT2D eigenvalue weighted by molar-refractivity contribution is 5.90. The second-order valence-corrected chi connectivity index (χ2v) is 7.05. The zero-order valence-electron chi connectivity index (χ0n) is 16.6. The number of aromatic nitrogens is 6. The van der Waals surface area contributed by atoms with E-state index in [2.05, 4.69) is 20.2 Å². The van der Waals surface area contributed by atoms with Gasteiger partial charge in [0.05, 0.1) is 23.2 Å². The Bertz CT molecular complexity index is 1070. The number of anilines is 2. The van der Waals surface area contributed by atoms with Crippen molar-refractivity contribution < 1.29 is 13.6 Å². The molecule has 4 rings (SSSR count). The van der Waals surface area contributed by atoms with Gasteiger partial charge in [-0.05, 0) is 26.0 Å². The normalized spacial score (nSPS) is 13.4. The number of rotatable bonds is 8. The van der Waals surface area contributed by atoms with E-state index in [0.717, 1.165) is 0 Å². The first-order valence-corrected chi connectivity index (χ1v) is 9.39. The third kappa shape index (κ3) is 4.09. The number of nitrogen functional groups attached to an aromatic ring is 2. The molecule has 0 amide bonds. The summed E-state index contributed by atoms with van der Waals surface area (Å²) in [6, 6.07) is 3.37. The molecule has 4 aromatic heterocycles. The Hall–Kier alpha value is -3.89. The highest BCUT2D eigenvalue weighted by Crippen LogP contribution is 2.26. The van der Waals surface area contributed by atoms with Crippen LogP contribution in [0.15, 0.2) is 45.9 Å². The number of ketones is 1. The second kappa shape index (κ2) is 7.85. The third-order valence-corrected chi connectivity index (χ3v) is 4.80. The molecule has 0 aliphatic carbocycles. The van der Waals surface area contributed by atoms with Gasteiger partial charge in [0.25, 0.3) is 0 Å². The van der Waals surface area contributed by atoms with E-state index in [1.807, 2.05) is 0 Å². The van der Waals surface area contributed by atoms with Crippen LogP contribution in [0.1, 0.15) is 48.9 Å². The Balaban J connectivity index is 1.41. The summed E-state index contributed by atoms with van der Waals surface area (Å²) in [4.78, 5) is 21.8. The molecular weight excluding hydrogens is 388 g/mol. The van der Waals surface area contributed by atoms with Crippen molar-refractivity contribution in [3.63, 3.8) is 0 Å². The van der Waals surface area contributed by atoms with Crippen LogP contribution >= 0.6 is 0 Å². The molecule has 30 heavy (non-hydrogen) atoms. The molecule has 156 valence electrons. The van der Waals surface area contributed by atoms with E-state index in [-0.39, 0.29) is 5.78 Å². The summed E-state index contributed by atoms with van der Waals surface area (Å²) in [6.45, 7) is 4.25. The summed E-state index contributed by atoms with van der Waals surface area (Å²) in [5.41, 5.74) is 12.3. The minimum atomic E-state index is -0.466. The Morgan fingerprint density at radius 1 is 0.900 bits per heavy atom. The van der Waals surface area contributed by atoms with Gasteiger partial charge in [-0.1, -0.05) is 0 Å². The monoisotopic (exact) mass is 410 g/mol. The van der Waals surface area contributed by atoms with Gasteiger partial charge >= 0.3 is 0 Å². The van der Waals surface area contributed by atoms with Crippen LogP contribution in [0, 0.1) is 0 Å². The lowest BCUT2D eigenvalue weighted by molar-refractivity contribution is -0.121. The number of carbonyl (C=O) groups is 1. The quantitative estimate of drug-likeness (QED) is 0.442. The summed E-state index contributed by atoms with van der Waals surface area (Å²) in [7, 11) is 0. The zero-order valence-corrected chi connectivity index (χ0v) is 16.6. The molecule has 11 heteroatoms. The fourth-order valence-corrected chi connectivity index (χ4v) is 3.07. The van der Waals surface area contributed by atoms with Crippen molar-refractivity contribution >= 4 is 17.4 Å². The molecule has 0 spiro atoms. The molecule has 0 aliphatic rings. The first-order chi connectivity index (χ1) is 14.4. The average Bonchev–Trinajstić information content (AvgIpc) is 3.50. The van der Waals surface area contributed by atoms with Crippen molar-refractivity contribution in [2.45, 2.75) is 38.8 Å². The van der Waals surface area contributed by atoms with Crippen molar-refractivity contribution in [1.29, 1.82) is 0 Å². The lowest BCUT2D eigenvalue weighted by atomic mass is 9.91. The van der Waals surface area contributed by atoms with Crippen LogP contribution in [-0.4, -0.2) is 35.3 Å². The van der Waals surface area contributed by atoms with Gasteiger partial charge in [0.15, 0.2) is 5.78 Å². The molecule has 0 fully saturated rings. The fourth-order valence-electron chi connectivity index (χ4n) is 3.07. The van der Waals surface area contributed by atoms with Gasteiger partial charge in [0.1, 0.15) is 37.3 Å². The van der Waals surface area contributed by atoms with Crippen LogP contribution in [0.2, 0.25) is 0 Å². The molecule has 4 aromatic rings. The highest BCUT2D eigenvalue weighted by Gasteiger charge is 2.27. The maximum Gasteiger partial charge on any atom is 0.215 e. The fraction of sp³-hybridized carbons (Fsp3) is 0.316.